The van der Waals surface area contributed by atoms with Crippen molar-refractivity contribution >= 4 is 33.0 Å². The van der Waals surface area contributed by atoms with E-state index in [1.807, 2.05) is 0 Å². The summed E-state index contributed by atoms with van der Waals surface area (Å²) in [5.74, 6) is 0.633. The molecule has 2 aromatic carbocycles. The number of hydrogen-bond acceptors (Lipinski definition) is 3. The van der Waals surface area contributed by atoms with Gasteiger partial charge in [-0.2, -0.15) is 13.2 Å². The van der Waals surface area contributed by atoms with Crippen LogP contribution in [0.3, 0.4) is 0 Å². The molecule has 0 fully saturated rings. The molecule has 7 heteroatoms. The Balaban J connectivity index is 2.30. The third-order valence-corrected chi connectivity index (χ3v) is 3.42. The van der Waals surface area contributed by atoms with Gasteiger partial charge in [-0.1, -0.05) is 0 Å². The molecule has 0 spiro atoms. The Hall–Kier alpha value is -1.89. The summed E-state index contributed by atoms with van der Waals surface area (Å²) >= 11 is 3.31. The maximum atomic E-state index is 12.8. The highest BCUT2D eigenvalue weighted by Crippen LogP contribution is 2.36. The fraction of sp³-hybridized carbons (Fsp3) is 0.143. The van der Waals surface area contributed by atoms with E-state index in [4.69, 9.17) is 10.5 Å². The molecule has 0 unspecified atom stereocenters. The quantitative estimate of drug-likeness (QED) is 0.772. The highest BCUT2D eigenvalue weighted by Gasteiger charge is 2.33. The van der Waals surface area contributed by atoms with Crippen LogP contribution in [0.5, 0.6) is 5.75 Å². The van der Waals surface area contributed by atoms with Crippen LogP contribution >= 0.6 is 15.9 Å². The highest BCUT2D eigenvalue weighted by molar-refractivity contribution is 9.10. The lowest BCUT2D eigenvalue weighted by atomic mass is 10.1. The van der Waals surface area contributed by atoms with Gasteiger partial charge in [0.2, 0.25) is 0 Å². The molecule has 2 aromatic rings. The number of benzene rings is 2. The average Bonchev–Trinajstić information content (AvgIpc) is 2.40. The van der Waals surface area contributed by atoms with Crippen molar-refractivity contribution in [1.82, 2.24) is 0 Å². The molecule has 0 amide bonds. The second-order valence-electron chi connectivity index (χ2n) is 4.27. The van der Waals surface area contributed by atoms with Crippen LogP contribution in [-0.4, -0.2) is 7.11 Å². The summed E-state index contributed by atoms with van der Waals surface area (Å²) in [7, 11) is 1.53. The number of alkyl halides is 3. The van der Waals surface area contributed by atoms with Crippen molar-refractivity contribution in [2.75, 3.05) is 18.2 Å². The predicted octanol–water partition coefficient (Wildman–Crippen LogP) is 4.80. The summed E-state index contributed by atoms with van der Waals surface area (Å²) in [4.78, 5) is 0. The predicted molar refractivity (Wildman–Crippen MR) is 79.8 cm³/mol. The summed E-state index contributed by atoms with van der Waals surface area (Å²) in [6.45, 7) is 0. The van der Waals surface area contributed by atoms with Crippen molar-refractivity contribution in [2.24, 2.45) is 0 Å². The van der Waals surface area contributed by atoms with Crippen molar-refractivity contribution in [2.45, 2.75) is 6.18 Å². The fourth-order valence-electron chi connectivity index (χ4n) is 1.79. The Morgan fingerprint density at radius 2 is 1.71 bits per heavy atom. The van der Waals surface area contributed by atoms with Crippen LogP contribution in [0.2, 0.25) is 0 Å². The molecule has 3 nitrogen and oxygen atoms in total. The molecule has 0 bridgehead atoms. The molecule has 0 heterocycles. The molecule has 2 rings (SSSR count). The van der Waals surface area contributed by atoms with Crippen LogP contribution in [0.1, 0.15) is 5.56 Å². The van der Waals surface area contributed by atoms with E-state index in [9.17, 15) is 13.2 Å². The Morgan fingerprint density at radius 1 is 1.10 bits per heavy atom. The number of methoxy groups -OCH3 is 1. The topological polar surface area (TPSA) is 47.3 Å². The molecule has 3 N–H and O–H groups in total. The standard InChI is InChI=1S/C14H12BrF3N2O/c1-21-13-5-3-9(7-11(13)15)20-8-2-4-12(19)10(6-8)14(16,17)18/h2-7,20H,19H2,1H3. The lowest BCUT2D eigenvalue weighted by Crippen LogP contribution is -2.09. The van der Waals surface area contributed by atoms with E-state index in [0.717, 1.165) is 6.07 Å². The van der Waals surface area contributed by atoms with E-state index in [-0.39, 0.29) is 5.69 Å². The second kappa shape index (κ2) is 5.85. The third kappa shape index (κ3) is 3.60. The number of nitrogens with two attached hydrogens (primary N) is 1. The minimum absolute atomic E-state index is 0.300. The molecule has 112 valence electrons. The second-order valence-corrected chi connectivity index (χ2v) is 5.13. The van der Waals surface area contributed by atoms with Crippen molar-refractivity contribution in [3.8, 4) is 5.75 Å². The fourth-order valence-corrected chi connectivity index (χ4v) is 2.33. The van der Waals surface area contributed by atoms with Gasteiger partial charge in [-0.05, 0) is 52.3 Å². The lowest BCUT2D eigenvalue weighted by molar-refractivity contribution is -0.136. The highest BCUT2D eigenvalue weighted by atomic mass is 79.9. The van der Waals surface area contributed by atoms with Crippen LogP contribution in [-0.2, 0) is 6.18 Å². The molecule has 0 aliphatic carbocycles. The molecule has 0 aliphatic rings. The van der Waals surface area contributed by atoms with Crippen LogP contribution < -0.4 is 15.8 Å². The zero-order chi connectivity index (χ0) is 15.6. The zero-order valence-corrected chi connectivity index (χ0v) is 12.5. The summed E-state index contributed by atoms with van der Waals surface area (Å²) in [6.07, 6.45) is -4.48. The van der Waals surface area contributed by atoms with Gasteiger partial charge in [0.15, 0.2) is 0 Å². The molecular weight excluding hydrogens is 349 g/mol. The van der Waals surface area contributed by atoms with Crippen LogP contribution in [0.4, 0.5) is 30.2 Å². The number of anilines is 3. The van der Waals surface area contributed by atoms with Gasteiger partial charge in [-0.25, -0.2) is 0 Å². The van der Waals surface area contributed by atoms with Crippen molar-refractivity contribution in [3.63, 3.8) is 0 Å². The van der Waals surface area contributed by atoms with E-state index in [1.165, 1.54) is 19.2 Å². The molecule has 0 aliphatic heterocycles. The van der Waals surface area contributed by atoms with E-state index < -0.39 is 11.7 Å². The molecule has 0 radical (unpaired) electrons. The van der Waals surface area contributed by atoms with Gasteiger partial charge in [0.1, 0.15) is 5.75 Å². The first kappa shape index (κ1) is 15.5. The van der Waals surface area contributed by atoms with Crippen molar-refractivity contribution in [1.29, 1.82) is 0 Å². The Kier molecular flexibility index (Phi) is 4.32. The Morgan fingerprint density at radius 3 is 2.29 bits per heavy atom. The van der Waals surface area contributed by atoms with Gasteiger partial charge in [0.05, 0.1) is 17.1 Å². The molecule has 0 saturated heterocycles. The van der Waals surface area contributed by atoms with Crippen LogP contribution in [0.15, 0.2) is 40.9 Å². The monoisotopic (exact) mass is 360 g/mol. The van der Waals surface area contributed by atoms with Gasteiger partial charge in [-0.3, -0.25) is 0 Å². The first-order valence-corrected chi connectivity index (χ1v) is 6.68. The minimum atomic E-state index is -4.48. The number of halogens is 4. The van der Waals surface area contributed by atoms with Gasteiger partial charge in [-0.15, -0.1) is 0 Å². The SMILES string of the molecule is COc1ccc(Nc2ccc(N)c(C(F)(F)F)c2)cc1Br. The first-order chi connectivity index (χ1) is 9.81. The molecular formula is C14H12BrF3N2O. The molecule has 0 saturated carbocycles. The van der Waals surface area contributed by atoms with Crippen LogP contribution in [0, 0.1) is 0 Å². The molecule has 0 aromatic heterocycles. The number of rotatable bonds is 3. The minimum Gasteiger partial charge on any atom is -0.496 e. The van der Waals surface area contributed by atoms with E-state index in [2.05, 4.69) is 21.2 Å². The summed E-state index contributed by atoms with van der Waals surface area (Å²) in [5, 5.41) is 2.89. The Bertz CT molecular complexity index is 659. The van der Waals surface area contributed by atoms with Gasteiger partial charge < -0.3 is 15.8 Å². The normalized spacial score (nSPS) is 11.3. The maximum Gasteiger partial charge on any atom is 0.418 e. The first-order valence-electron chi connectivity index (χ1n) is 5.88. The zero-order valence-electron chi connectivity index (χ0n) is 11.0. The van der Waals surface area contributed by atoms with E-state index in [1.54, 1.807) is 18.2 Å². The number of nitrogens with one attached hydrogen (secondary N) is 1. The van der Waals surface area contributed by atoms with Crippen LogP contribution in [0.25, 0.3) is 0 Å². The molecule has 0 atom stereocenters. The molecule has 21 heavy (non-hydrogen) atoms. The lowest BCUT2D eigenvalue weighted by Gasteiger charge is -2.13. The smallest absolute Gasteiger partial charge is 0.418 e. The Labute approximate surface area is 128 Å². The van der Waals surface area contributed by atoms with Crippen molar-refractivity contribution < 1.29 is 17.9 Å². The van der Waals surface area contributed by atoms with Crippen molar-refractivity contribution in [3.05, 3.63) is 46.4 Å². The van der Waals surface area contributed by atoms with Gasteiger partial charge >= 0.3 is 6.18 Å². The maximum absolute atomic E-state index is 12.8. The third-order valence-electron chi connectivity index (χ3n) is 2.80. The average molecular weight is 361 g/mol. The summed E-state index contributed by atoms with van der Waals surface area (Å²) in [5.41, 5.74) is 5.12. The van der Waals surface area contributed by atoms with E-state index >= 15 is 0 Å². The largest absolute Gasteiger partial charge is 0.496 e. The summed E-state index contributed by atoms with van der Waals surface area (Å²) < 4.78 is 44.2. The van der Waals surface area contributed by atoms with Gasteiger partial charge in [0.25, 0.3) is 0 Å². The van der Waals surface area contributed by atoms with E-state index in [0.29, 0.717) is 21.6 Å². The summed E-state index contributed by atoms with van der Waals surface area (Å²) in [6, 6.07) is 8.81. The number of ether oxygens (including phenoxy) is 1. The number of hydrogen-bond donors (Lipinski definition) is 2. The number of nitrogen functional groups attached to an aromatic ring is 1. The van der Waals surface area contributed by atoms with Gasteiger partial charge in [0, 0.05) is 17.1 Å².